The molecule has 0 saturated heterocycles. The molecule has 0 saturated carbocycles. The third-order valence-corrected chi connectivity index (χ3v) is 2.00. The topological polar surface area (TPSA) is 52.3 Å². The molecular formula is C9H16F3NO2. The lowest BCUT2D eigenvalue weighted by molar-refractivity contribution is -0.176. The number of ether oxygens (including phenoxy) is 1. The van der Waals surface area contributed by atoms with Crippen LogP contribution in [-0.4, -0.2) is 24.8 Å². The van der Waals surface area contributed by atoms with Crippen LogP contribution in [0.3, 0.4) is 0 Å². The fourth-order valence-electron chi connectivity index (χ4n) is 1.23. The maximum Gasteiger partial charge on any atom is 0.404 e. The van der Waals surface area contributed by atoms with Gasteiger partial charge in [-0.1, -0.05) is 13.3 Å². The van der Waals surface area contributed by atoms with Crippen LogP contribution in [0.15, 0.2) is 0 Å². The molecule has 2 N–H and O–H groups in total. The van der Waals surface area contributed by atoms with Crippen molar-refractivity contribution in [2.24, 2.45) is 11.7 Å². The van der Waals surface area contributed by atoms with Gasteiger partial charge in [-0.15, -0.1) is 0 Å². The van der Waals surface area contributed by atoms with E-state index in [4.69, 9.17) is 5.73 Å². The third kappa shape index (κ3) is 4.51. The number of rotatable bonds is 5. The molecule has 90 valence electrons. The minimum atomic E-state index is -4.56. The molecule has 0 fully saturated rings. The first-order valence-electron chi connectivity index (χ1n) is 4.83. The monoisotopic (exact) mass is 227 g/mol. The summed E-state index contributed by atoms with van der Waals surface area (Å²) in [5.41, 5.74) is 4.99. The summed E-state index contributed by atoms with van der Waals surface area (Å²) < 4.78 is 41.4. The second kappa shape index (κ2) is 5.95. The molecular weight excluding hydrogens is 211 g/mol. The second-order valence-corrected chi connectivity index (χ2v) is 3.21. The van der Waals surface area contributed by atoms with E-state index in [2.05, 4.69) is 4.74 Å². The Balaban J connectivity index is 4.57. The van der Waals surface area contributed by atoms with E-state index in [1.165, 1.54) is 0 Å². The van der Waals surface area contributed by atoms with Gasteiger partial charge in [0.25, 0.3) is 0 Å². The molecule has 0 bridgehead atoms. The molecule has 0 unspecified atom stereocenters. The van der Waals surface area contributed by atoms with Gasteiger partial charge in [0.05, 0.1) is 12.5 Å². The van der Waals surface area contributed by atoms with E-state index in [1.54, 1.807) is 13.8 Å². The zero-order valence-corrected chi connectivity index (χ0v) is 8.80. The number of hydrogen-bond acceptors (Lipinski definition) is 3. The van der Waals surface area contributed by atoms with Crippen LogP contribution in [0.1, 0.15) is 26.7 Å². The van der Waals surface area contributed by atoms with Crippen molar-refractivity contribution in [1.29, 1.82) is 0 Å². The highest BCUT2D eigenvalue weighted by atomic mass is 19.4. The van der Waals surface area contributed by atoms with E-state index in [-0.39, 0.29) is 13.0 Å². The summed E-state index contributed by atoms with van der Waals surface area (Å²) in [4.78, 5) is 11.2. The minimum absolute atomic E-state index is 0.0592. The SMILES string of the molecule is CCC[C@H](C(=O)OCC)[C@H](N)C(F)(F)F. The van der Waals surface area contributed by atoms with E-state index >= 15 is 0 Å². The molecule has 0 aliphatic heterocycles. The van der Waals surface area contributed by atoms with Crippen molar-refractivity contribution >= 4 is 5.97 Å². The molecule has 0 amide bonds. The lowest BCUT2D eigenvalue weighted by Gasteiger charge is -2.23. The van der Waals surface area contributed by atoms with Crippen molar-refractivity contribution in [3.05, 3.63) is 0 Å². The van der Waals surface area contributed by atoms with Gasteiger partial charge in [-0.05, 0) is 13.3 Å². The average molecular weight is 227 g/mol. The van der Waals surface area contributed by atoms with Crippen LogP contribution in [0, 0.1) is 5.92 Å². The van der Waals surface area contributed by atoms with Crippen molar-refractivity contribution in [3.63, 3.8) is 0 Å². The van der Waals surface area contributed by atoms with Gasteiger partial charge in [0, 0.05) is 0 Å². The highest BCUT2D eigenvalue weighted by Gasteiger charge is 2.45. The lowest BCUT2D eigenvalue weighted by atomic mass is 9.95. The quantitative estimate of drug-likeness (QED) is 0.729. The third-order valence-electron chi connectivity index (χ3n) is 2.00. The van der Waals surface area contributed by atoms with Crippen molar-refractivity contribution in [1.82, 2.24) is 0 Å². The summed E-state index contributed by atoms with van der Waals surface area (Å²) in [5, 5.41) is 0. The van der Waals surface area contributed by atoms with E-state index in [9.17, 15) is 18.0 Å². The zero-order valence-electron chi connectivity index (χ0n) is 8.80. The largest absolute Gasteiger partial charge is 0.466 e. The van der Waals surface area contributed by atoms with Crippen LogP contribution in [0.4, 0.5) is 13.2 Å². The average Bonchev–Trinajstić information content (AvgIpc) is 2.12. The highest BCUT2D eigenvalue weighted by Crippen LogP contribution is 2.27. The molecule has 0 spiro atoms. The summed E-state index contributed by atoms with van der Waals surface area (Å²) >= 11 is 0. The van der Waals surface area contributed by atoms with Crippen LogP contribution in [0.5, 0.6) is 0 Å². The Kier molecular flexibility index (Phi) is 5.64. The van der Waals surface area contributed by atoms with Crippen LogP contribution in [0.2, 0.25) is 0 Å². The van der Waals surface area contributed by atoms with E-state index in [0.717, 1.165) is 0 Å². The Morgan fingerprint density at radius 1 is 1.40 bits per heavy atom. The fraction of sp³-hybridized carbons (Fsp3) is 0.889. The Labute approximate surface area is 86.8 Å². The number of carbonyl (C=O) groups is 1. The summed E-state index contributed by atoms with van der Waals surface area (Å²) in [6.07, 6.45) is -4.03. The first kappa shape index (κ1) is 14.2. The molecule has 0 aromatic heterocycles. The molecule has 6 heteroatoms. The van der Waals surface area contributed by atoms with E-state index in [0.29, 0.717) is 6.42 Å². The molecule has 15 heavy (non-hydrogen) atoms. The van der Waals surface area contributed by atoms with Crippen LogP contribution >= 0.6 is 0 Å². The molecule has 0 aromatic carbocycles. The van der Waals surface area contributed by atoms with Crippen LogP contribution in [-0.2, 0) is 9.53 Å². The van der Waals surface area contributed by atoms with Crippen molar-refractivity contribution < 1.29 is 22.7 Å². The highest BCUT2D eigenvalue weighted by molar-refractivity contribution is 5.73. The summed E-state index contributed by atoms with van der Waals surface area (Å²) in [6.45, 7) is 3.29. The predicted octanol–water partition coefficient (Wildman–Crippen LogP) is 1.86. The molecule has 0 aliphatic rings. The number of alkyl halides is 3. The number of esters is 1. The molecule has 0 rings (SSSR count). The summed E-state index contributed by atoms with van der Waals surface area (Å²) in [7, 11) is 0. The smallest absolute Gasteiger partial charge is 0.404 e. The number of halogens is 3. The number of nitrogens with two attached hydrogens (primary N) is 1. The van der Waals surface area contributed by atoms with Gasteiger partial charge in [0.1, 0.15) is 6.04 Å². The van der Waals surface area contributed by atoms with Gasteiger partial charge >= 0.3 is 12.1 Å². The fourth-order valence-corrected chi connectivity index (χ4v) is 1.23. The molecule has 0 radical (unpaired) electrons. The van der Waals surface area contributed by atoms with Gasteiger partial charge in [-0.25, -0.2) is 0 Å². The Hall–Kier alpha value is -0.780. The van der Waals surface area contributed by atoms with Crippen LogP contribution < -0.4 is 5.73 Å². The van der Waals surface area contributed by atoms with Gasteiger partial charge in [0.15, 0.2) is 0 Å². The number of carbonyl (C=O) groups excluding carboxylic acids is 1. The van der Waals surface area contributed by atoms with Gasteiger partial charge in [0.2, 0.25) is 0 Å². The first-order chi connectivity index (χ1) is 6.84. The normalized spacial score (nSPS) is 15.9. The van der Waals surface area contributed by atoms with Gasteiger partial charge in [-0.3, -0.25) is 4.79 Å². The van der Waals surface area contributed by atoms with Gasteiger partial charge in [-0.2, -0.15) is 13.2 Å². The Bertz CT molecular complexity index is 206. The minimum Gasteiger partial charge on any atom is -0.466 e. The molecule has 0 aliphatic carbocycles. The van der Waals surface area contributed by atoms with Crippen molar-refractivity contribution in [2.75, 3.05) is 6.61 Å². The Morgan fingerprint density at radius 3 is 2.27 bits per heavy atom. The summed E-state index contributed by atoms with van der Waals surface area (Å²) in [5.74, 6) is -2.17. The van der Waals surface area contributed by atoms with Crippen molar-refractivity contribution in [3.8, 4) is 0 Å². The van der Waals surface area contributed by atoms with E-state index in [1.807, 2.05) is 0 Å². The predicted molar refractivity (Wildman–Crippen MR) is 49.1 cm³/mol. The number of hydrogen-bond donors (Lipinski definition) is 1. The van der Waals surface area contributed by atoms with E-state index < -0.39 is 24.1 Å². The standard InChI is InChI=1S/C9H16F3NO2/c1-3-5-6(8(14)15-4-2)7(13)9(10,11)12/h6-7H,3-5,13H2,1-2H3/t6-,7-/m0/s1. The molecule has 0 heterocycles. The van der Waals surface area contributed by atoms with Crippen molar-refractivity contribution in [2.45, 2.75) is 38.9 Å². The maximum absolute atomic E-state index is 12.3. The molecule has 0 aromatic rings. The maximum atomic E-state index is 12.3. The summed E-state index contributed by atoms with van der Waals surface area (Å²) in [6, 6.07) is -2.14. The first-order valence-corrected chi connectivity index (χ1v) is 4.83. The van der Waals surface area contributed by atoms with Gasteiger partial charge < -0.3 is 10.5 Å². The molecule has 2 atom stereocenters. The Morgan fingerprint density at radius 2 is 1.93 bits per heavy atom. The lowest BCUT2D eigenvalue weighted by Crippen LogP contribution is -2.47. The zero-order chi connectivity index (χ0) is 12.1. The second-order valence-electron chi connectivity index (χ2n) is 3.21. The van der Waals surface area contributed by atoms with Crippen LogP contribution in [0.25, 0.3) is 0 Å². The molecule has 3 nitrogen and oxygen atoms in total.